The van der Waals surface area contributed by atoms with Crippen LogP contribution in [-0.4, -0.2) is 0 Å². The van der Waals surface area contributed by atoms with Gasteiger partial charge in [0, 0.05) is 15.2 Å². The molecule has 0 spiro atoms. The zero-order valence-corrected chi connectivity index (χ0v) is 16.5. The zero-order valence-electron chi connectivity index (χ0n) is 15.7. The molecule has 0 bridgehead atoms. The molecule has 0 amide bonds. The number of aryl methyl sites for hydroxylation is 1. The smallest absolute Gasteiger partial charge is 0.0476 e. The lowest BCUT2D eigenvalue weighted by atomic mass is 9.66. The maximum Gasteiger partial charge on any atom is 0.0476 e. The van der Waals surface area contributed by atoms with E-state index in [1.54, 1.807) is 0 Å². The van der Waals surface area contributed by atoms with E-state index in [2.05, 4.69) is 109 Å². The molecule has 0 unspecified atom stereocenters. The summed E-state index contributed by atoms with van der Waals surface area (Å²) in [7, 11) is 0. The molecule has 1 heteroatoms. The summed E-state index contributed by atoms with van der Waals surface area (Å²) in [5.74, 6) is 0. The quantitative estimate of drug-likeness (QED) is 0.364. The van der Waals surface area contributed by atoms with E-state index in [9.17, 15) is 0 Å². The van der Waals surface area contributed by atoms with Gasteiger partial charge < -0.3 is 0 Å². The first kappa shape index (κ1) is 17.3. The van der Waals surface area contributed by atoms with Crippen LogP contribution in [-0.2, 0) is 11.8 Å². The number of fused-ring (bicyclic) bond motifs is 2. The van der Waals surface area contributed by atoms with Crippen molar-refractivity contribution in [1.82, 2.24) is 0 Å². The van der Waals surface area contributed by atoms with Crippen LogP contribution in [0.1, 0.15) is 28.7 Å². The largest absolute Gasteiger partial charge is 0.0894 e. The van der Waals surface area contributed by atoms with E-state index >= 15 is 0 Å². The highest BCUT2D eigenvalue weighted by molar-refractivity contribution is 7.99. The third kappa shape index (κ3) is 2.87. The highest BCUT2D eigenvalue weighted by atomic mass is 32.2. The van der Waals surface area contributed by atoms with Crippen molar-refractivity contribution in [3.8, 4) is 0 Å². The van der Waals surface area contributed by atoms with Gasteiger partial charge in [0.1, 0.15) is 0 Å². The Hall–Kier alpha value is -2.77. The van der Waals surface area contributed by atoms with Crippen molar-refractivity contribution in [1.29, 1.82) is 0 Å². The number of hydrogen-bond donors (Lipinski definition) is 0. The van der Waals surface area contributed by atoms with Crippen molar-refractivity contribution in [2.24, 2.45) is 0 Å². The predicted octanol–water partition coefficient (Wildman–Crippen LogP) is 7.12. The Morgan fingerprint density at radius 2 is 1.04 bits per heavy atom. The minimum absolute atomic E-state index is 0.129. The van der Waals surface area contributed by atoms with Gasteiger partial charge in [0.2, 0.25) is 0 Å². The maximum atomic E-state index is 2.33. The summed E-state index contributed by atoms with van der Waals surface area (Å²) in [4.78, 5) is 2.75. The van der Waals surface area contributed by atoms with Gasteiger partial charge in [0.15, 0.2) is 0 Å². The molecule has 0 aromatic heterocycles. The molecule has 1 heterocycles. The fraction of sp³-hybridized carbons (Fsp3) is 0.111. The Morgan fingerprint density at radius 1 is 0.536 bits per heavy atom. The molecule has 5 rings (SSSR count). The molecule has 136 valence electrons. The Morgan fingerprint density at radius 3 is 1.64 bits per heavy atom. The molecule has 28 heavy (non-hydrogen) atoms. The van der Waals surface area contributed by atoms with Crippen molar-refractivity contribution in [3.05, 3.63) is 131 Å². The molecule has 4 aromatic carbocycles. The second-order valence-corrected chi connectivity index (χ2v) is 8.44. The molecule has 0 fully saturated rings. The third-order valence-electron chi connectivity index (χ3n) is 5.81. The summed E-state index contributed by atoms with van der Waals surface area (Å²) in [5, 5.41) is 0. The van der Waals surface area contributed by atoms with Gasteiger partial charge in [-0.1, -0.05) is 109 Å². The van der Waals surface area contributed by atoms with Gasteiger partial charge in [0.05, 0.1) is 0 Å². The topological polar surface area (TPSA) is 0 Å². The minimum Gasteiger partial charge on any atom is -0.0894 e. The van der Waals surface area contributed by atoms with Crippen molar-refractivity contribution in [3.63, 3.8) is 0 Å². The molecule has 4 aromatic rings. The van der Waals surface area contributed by atoms with Crippen LogP contribution in [0.3, 0.4) is 0 Å². The van der Waals surface area contributed by atoms with Gasteiger partial charge in [-0.2, -0.15) is 0 Å². The molecule has 1 aliphatic rings. The first-order valence-corrected chi connectivity index (χ1v) is 10.7. The standard InChI is InChI=1S/C27H22S/c1-3-11-21(12-4-1)19-20-27(22-13-5-2-6-14-22)23-15-7-9-17-25(23)28-26-18-10-8-16-24(26)27/h1-18H,19-20H2. The lowest BCUT2D eigenvalue weighted by Gasteiger charge is -2.41. The fourth-order valence-electron chi connectivity index (χ4n) is 4.50. The first-order chi connectivity index (χ1) is 13.9. The summed E-state index contributed by atoms with van der Waals surface area (Å²) < 4.78 is 0. The molecule has 0 atom stereocenters. The summed E-state index contributed by atoms with van der Waals surface area (Å²) in [6.45, 7) is 0. The monoisotopic (exact) mass is 378 g/mol. The SMILES string of the molecule is c1ccc(CCC2(c3ccccc3)c3ccccc3Sc3ccccc32)cc1. The van der Waals surface area contributed by atoms with Crippen LogP contribution in [0.2, 0.25) is 0 Å². The summed E-state index contributed by atoms with van der Waals surface area (Å²) in [5.41, 5.74) is 5.51. The van der Waals surface area contributed by atoms with Crippen molar-refractivity contribution in [2.75, 3.05) is 0 Å². The van der Waals surface area contributed by atoms with Crippen LogP contribution < -0.4 is 0 Å². The van der Waals surface area contributed by atoms with Gasteiger partial charge in [-0.05, 0) is 47.2 Å². The molecule has 0 radical (unpaired) electrons. The van der Waals surface area contributed by atoms with E-state index in [-0.39, 0.29) is 5.41 Å². The van der Waals surface area contributed by atoms with Crippen LogP contribution in [0.15, 0.2) is 119 Å². The van der Waals surface area contributed by atoms with Crippen LogP contribution in [0, 0.1) is 0 Å². The number of rotatable bonds is 4. The van der Waals surface area contributed by atoms with E-state index in [0.717, 1.165) is 12.8 Å². The van der Waals surface area contributed by atoms with Crippen LogP contribution >= 0.6 is 11.8 Å². The Balaban J connectivity index is 1.74. The van der Waals surface area contributed by atoms with Gasteiger partial charge in [-0.3, -0.25) is 0 Å². The molecule has 1 aliphatic heterocycles. The Kier molecular flexibility index (Phi) is 4.54. The number of benzene rings is 4. The van der Waals surface area contributed by atoms with E-state index in [1.807, 2.05) is 11.8 Å². The Labute approximate surface area is 171 Å². The van der Waals surface area contributed by atoms with Crippen molar-refractivity contribution in [2.45, 2.75) is 28.0 Å². The summed E-state index contributed by atoms with van der Waals surface area (Å²) in [6, 6.07) is 39.8. The molecule has 0 N–H and O–H groups in total. The Bertz CT molecular complexity index is 1040. The zero-order chi connectivity index (χ0) is 18.8. The lowest BCUT2D eigenvalue weighted by Crippen LogP contribution is -2.33. The fourth-order valence-corrected chi connectivity index (χ4v) is 5.74. The van der Waals surface area contributed by atoms with E-state index in [0.29, 0.717) is 0 Å². The minimum atomic E-state index is -0.129. The second kappa shape index (κ2) is 7.33. The first-order valence-electron chi connectivity index (χ1n) is 9.84. The van der Waals surface area contributed by atoms with E-state index in [4.69, 9.17) is 0 Å². The van der Waals surface area contributed by atoms with Gasteiger partial charge in [-0.25, -0.2) is 0 Å². The van der Waals surface area contributed by atoms with Crippen LogP contribution in [0.25, 0.3) is 0 Å². The molecule has 0 saturated carbocycles. The lowest BCUT2D eigenvalue weighted by molar-refractivity contribution is 0.537. The average molecular weight is 379 g/mol. The molecular formula is C27H22S. The predicted molar refractivity (Wildman–Crippen MR) is 118 cm³/mol. The van der Waals surface area contributed by atoms with Gasteiger partial charge >= 0.3 is 0 Å². The maximum absolute atomic E-state index is 2.33. The second-order valence-electron chi connectivity index (χ2n) is 7.35. The van der Waals surface area contributed by atoms with Crippen molar-refractivity contribution >= 4 is 11.8 Å². The van der Waals surface area contributed by atoms with E-state index < -0.39 is 0 Å². The van der Waals surface area contributed by atoms with Crippen LogP contribution in [0.5, 0.6) is 0 Å². The third-order valence-corrected chi connectivity index (χ3v) is 6.96. The number of hydrogen-bond acceptors (Lipinski definition) is 1. The molecule has 0 saturated heterocycles. The molecular weight excluding hydrogens is 356 g/mol. The van der Waals surface area contributed by atoms with Gasteiger partial charge in [0.25, 0.3) is 0 Å². The van der Waals surface area contributed by atoms with Crippen LogP contribution in [0.4, 0.5) is 0 Å². The summed E-state index contributed by atoms with van der Waals surface area (Å²) >= 11 is 1.90. The van der Waals surface area contributed by atoms with Crippen molar-refractivity contribution < 1.29 is 0 Å². The normalized spacial score (nSPS) is 14.1. The highest BCUT2D eigenvalue weighted by Crippen LogP contribution is 2.54. The van der Waals surface area contributed by atoms with Gasteiger partial charge in [-0.15, -0.1) is 0 Å². The molecule has 0 aliphatic carbocycles. The summed E-state index contributed by atoms with van der Waals surface area (Å²) in [6.07, 6.45) is 2.10. The average Bonchev–Trinajstić information content (AvgIpc) is 2.78. The van der Waals surface area contributed by atoms with E-state index in [1.165, 1.54) is 32.0 Å². The highest BCUT2D eigenvalue weighted by Gasteiger charge is 2.41. The molecule has 0 nitrogen and oxygen atoms in total.